The minimum atomic E-state index is -5.76. The van der Waals surface area contributed by atoms with E-state index in [-0.39, 0.29) is 28.2 Å². The molecule has 3 amide bonds. The maximum atomic E-state index is 14.3. The Balaban J connectivity index is 1.30. The summed E-state index contributed by atoms with van der Waals surface area (Å²) in [4.78, 5) is 62.9. The van der Waals surface area contributed by atoms with Crippen LogP contribution >= 0.6 is 18.9 Å². The second kappa shape index (κ2) is 13.1. The summed E-state index contributed by atoms with van der Waals surface area (Å²) in [5.74, 6) is -1.12. The predicted molar refractivity (Wildman–Crippen MR) is 170 cm³/mol. The molecule has 0 radical (unpaired) electrons. The van der Waals surface area contributed by atoms with Gasteiger partial charge < -0.3 is 29.6 Å². The molecule has 2 fully saturated rings. The highest BCUT2D eigenvalue weighted by atomic mass is 32.1. The number of halogens is 2. The summed E-state index contributed by atoms with van der Waals surface area (Å²) in [7, 11) is -5.76. The van der Waals surface area contributed by atoms with Crippen molar-refractivity contribution in [3.63, 3.8) is 0 Å². The van der Waals surface area contributed by atoms with E-state index in [1.807, 2.05) is 30.3 Å². The third-order valence-corrected chi connectivity index (χ3v) is 10.5. The number of carbonyl (C=O) groups excluding carboxylic acids is 3. The van der Waals surface area contributed by atoms with Crippen LogP contribution in [0.1, 0.15) is 54.4 Å². The average molecular weight is 678 g/mol. The van der Waals surface area contributed by atoms with E-state index < -0.39 is 42.2 Å². The molecule has 2 saturated heterocycles. The lowest BCUT2D eigenvalue weighted by Gasteiger charge is -2.38. The van der Waals surface area contributed by atoms with Crippen LogP contribution in [0.2, 0.25) is 0 Å². The Kier molecular flexibility index (Phi) is 9.73. The highest BCUT2D eigenvalue weighted by Gasteiger charge is 2.50. The number of benzene rings is 2. The number of amides is 3. The summed E-state index contributed by atoms with van der Waals surface area (Å²) in [6, 6.07) is 12.7. The van der Waals surface area contributed by atoms with Crippen LogP contribution < -0.4 is 5.32 Å². The van der Waals surface area contributed by atoms with Crippen molar-refractivity contribution in [2.75, 3.05) is 26.2 Å². The zero-order valence-corrected chi connectivity index (χ0v) is 27.5. The Morgan fingerprint density at radius 1 is 1.09 bits per heavy atom. The van der Waals surface area contributed by atoms with Gasteiger partial charge in [0.05, 0.1) is 17.6 Å². The molecule has 2 aromatic carbocycles. The Morgan fingerprint density at radius 3 is 2.48 bits per heavy atom. The third-order valence-electron chi connectivity index (χ3n) is 8.42. The maximum absolute atomic E-state index is 14.3. The number of alkyl halides is 2. The first-order chi connectivity index (χ1) is 21.6. The molecule has 5 rings (SSSR count). The van der Waals surface area contributed by atoms with Crippen molar-refractivity contribution in [2.45, 2.75) is 63.9 Å². The molecule has 3 heterocycles. The fourth-order valence-corrected chi connectivity index (χ4v) is 7.37. The van der Waals surface area contributed by atoms with Crippen molar-refractivity contribution in [3.8, 4) is 0 Å². The molecule has 10 nitrogen and oxygen atoms in total. The first-order valence-corrected chi connectivity index (χ1v) is 17.5. The quantitative estimate of drug-likeness (QED) is 0.293. The second-order valence-electron chi connectivity index (χ2n) is 12.9. The van der Waals surface area contributed by atoms with Crippen LogP contribution in [0.3, 0.4) is 0 Å². The molecule has 2 unspecified atom stereocenters. The molecule has 1 aromatic heterocycles. The lowest BCUT2D eigenvalue weighted by molar-refractivity contribution is -0.150. The van der Waals surface area contributed by atoms with Crippen molar-refractivity contribution in [2.24, 2.45) is 5.41 Å². The number of hydrogen-bond acceptors (Lipinski definition) is 6. The zero-order chi connectivity index (χ0) is 33.4. The van der Waals surface area contributed by atoms with E-state index in [0.29, 0.717) is 50.2 Å². The number of thiophene rings is 1. The molecule has 0 saturated carbocycles. The van der Waals surface area contributed by atoms with Gasteiger partial charge in [0.15, 0.2) is 0 Å². The number of nitrogens with zero attached hydrogens (tertiary/aromatic N) is 2. The van der Waals surface area contributed by atoms with E-state index in [0.717, 1.165) is 29.0 Å². The minimum Gasteiger partial charge on any atom is -0.374 e. The predicted octanol–water partition coefficient (Wildman–Crippen LogP) is 4.73. The number of nitrogens with one attached hydrogen (secondary N) is 1. The molecule has 0 bridgehead atoms. The van der Waals surface area contributed by atoms with E-state index in [9.17, 15) is 27.7 Å². The molecule has 248 valence electrons. The number of likely N-dealkylation sites (tertiary alicyclic amines) is 1. The maximum Gasteiger partial charge on any atom is 0.399 e. The highest BCUT2D eigenvalue weighted by molar-refractivity contribution is 7.52. The number of rotatable bonds is 8. The molecule has 2 aliphatic heterocycles. The summed E-state index contributed by atoms with van der Waals surface area (Å²) in [6.45, 7) is 7.03. The normalized spacial score (nSPS) is 20.2. The van der Waals surface area contributed by atoms with E-state index in [1.165, 1.54) is 12.1 Å². The number of fused-ring (bicyclic) bond motifs is 1. The molecule has 14 heteroatoms. The summed E-state index contributed by atoms with van der Waals surface area (Å²) in [6.07, 6.45) is 1.66. The fraction of sp³-hybridized carbons (Fsp3) is 0.469. The monoisotopic (exact) mass is 677 g/mol. The lowest BCUT2D eigenvalue weighted by Crippen LogP contribution is -2.59. The zero-order valence-electron chi connectivity index (χ0n) is 25.8. The third kappa shape index (κ3) is 7.18. The van der Waals surface area contributed by atoms with Crippen LogP contribution in [0.25, 0.3) is 10.1 Å². The van der Waals surface area contributed by atoms with Gasteiger partial charge in [-0.3, -0.25) is 18.9 Å². The van der Waals surface area contributed by atoms with Gasteiger partial charge in [0.1, 0.15) is 12.1 Å². The molecule has 2 aliphatic rings. The Morgan fingerprint density at radius 2 is 1.80 bits per heavy atom. The molecule has 0 spiro atoms. The van der Waals surface area contributed by atoms with E-state index >= 15 is 0 Å². The first-order valence-electron chi connectivity index (χ1n) is 15.1. The average Bonchev–Trinajstić information content (AvgIpc) is 3.66. The SMILES string of the molecule is CC(C)(C)C(NC(=O)c1cc2cc(C(F)(F)P(=O)(O)O)ccc2s1)C(=O)N1CCC[C@H]1C(=O)N1CCOC(Cc2ccccc2)C1. The molecular weight excluding hydrogens is 639 g/mol. The van der Waals surface area contributed by atoms with Gasteiger partial charge >= 0.3 is 13.3 Å². The van der Waals surface area contributed by atoms with Gasteiger partial charge in [0.25, 0.3) is 5.91 Å². The fourth-order valence-electron chi connectivity index (χ4n) is 5.95. The number of carbonyl (C=O) groups is 3. The Labute approximate surface area is 269 Å². The molecule has 0 aliphatic carbocycles. The van der Waals surface area contributed by atoms with E-state index in [1.54, 1.807) is 30.6 Å². The van der Waals surface area contributed by atoms with Gasteiger partial charge in [-0.05, 0) is 47.4 Å². The second-order valence-corrected chi connectivity index (χ2v) is 15.6. The van der Waals surface area contributed by atoms with Crippen LogP contribution in [0.15, 0.2) is 54.6 Å². The minimum absolute atomic E-state index is 0.139. The van der Waals surface area contributed by atoms with Gasteiger partial charge in [0, 0.05) is 36.3 Å². The Bertz CT molecular complexity index is 1660. The molecule has 3 aromatic rings. The van der Waals surface area contributed by atoms with Crippen LogP contribution in [0.4, 0.5) is 8.78 Å². The van der Waals surface area contributed by atoms with E-state index in [2.05, 4.69) is 5.32 Å². The number of hydrogen-bond donors (Lipinski definition) is 3. The van der Waals surface area contributed by atoms with Gasteiger partial charge in [-0.2, -0.15) is 8.78 Å². The van der Waals surface area contributed by atoms with Gasteiger partial charge in [-0.15, -0.1) is 11.3 Å². The van der Waals surface area contributed by atoms with Crippen LogP contribution in [-0.4, -0.2) is 81.7 Å². The standard InChI is InChI=1S/C32H38F2N3O7PS/c1-31(2,3)27(35-28(38)26-18-21-17-22(11-12-25(21)46-26)32(33,34)45(41,42)43)30(40)37-13-7-10-24(37)29(39)36-14-15-44-23(19-36)16-20-8-5-4-6-9-20/h4-6,8-9,11-12,17-18,23-24,27H,7,10,13-16,19H2,1-3H3,(H,35,38)(H2,41,42,43)/t23?,24-,27?/m0/s1. The van der Waals surface area contributed by atoms with Gasteiger partial charge in [0.2, 0.25) is 11.8 Å². The Hall–Kier alpha value is -3.22. The summed E-state index contributed by atoms with van der Waals surface area (Å²) in [5.41, 5.74) is -4.88. The van der Waals surface area contributed by atoms with Gasteiger partial charge in [-0.25, -0.2) is 0 Å². The van der Waals surface area contributed by atoms with Gasteiger partial charge in [-0.1, -0.05) is 57.2 Å². The van der Waals surface area contributed by atoms with Crippen molar-refractivity contribution < 1.29 is 42.3 Å². The van der Waals surface area contributed by atoms with Crippen LogP contribution in [0, 0.1) is 5.41 Å². The molecule has 3 N–H and O–H groups in total. The van der Waals surface area contributed by atoms with Crippen LogP contribution in [0.5, 0.6) is 0 Å². The van der Waals surface area contributed by atoms with Crippen molar-refractivity contribution in [1.29, 1.82) is 0 Å². The first kappa shape index (κ1) is 34.1. The largest absolute Gasteiger partial charge is 0.399 e. The number of morpholine rings is 1. The smallest absolute Gasteiger partial charge is 0.374 e. The summed E-state index contributed by atoms with van der Waals surface area (Å²) >= 11 is 1.01. The highest BCUT2D eigenvalue weighted by Crippen LogP contribution is 2.59. The topological polar surface area (TPSA) is 136 Å². The van der Waals surface area contributed by atoms with E-state index in [4.69, 9.17) is 14.5 Å². The summed E-state index contributed by atoms with van der Waals surface area (Å²) in [5, 5.41) is 3.03. The van der Waals surface area contributed by atoms with Crippen molar-refractivity contribution in [1.82, 2.24) is 15.1 Å². The number of ether oxygens (including phenoxy) is 1. The molecule has 46 heavy (non-hydrogen) atoms. The van der Waals surface area contributed by atoms with Crippen molar-refractivity contribution in [3.05, 3.63) is 70.6 Å². The molecular formula is C32H38F2N3O7PS. The summed E-state index contributed by atoms with van der Waals surface area (Å²) < 4.78 is 46.3. The lowest BCUT2D eigenvalue weighted by atomic mass is 9.85. The van der Waals surface area contributed by atoms with Crippen LogP contribution in [-0.2, 0) is 31.0 Å². The van der Waals surface area contributed by atoms with Crippen molar-refractivity contribution >= 4 is 46.7 Å². The molecule has 3 atom stereocenters.